The van der Waals surface area contributed by atoms with Crippen molar-refractivity contribution in [3.05, 3.63) is 12.2 Å². The molecule has 0 rings (SSSR count). The van der Waals surface area contributed by atoms with Gasteiger partial charge in [0.2, 0.25) is 0 Å². The first-order valence-corrected chi connectivity index (χ1v) is 4.26. The van der Waals surface area contributed by atoms with Gasteiger partial charge in [0.1, 0.15) is 0 Å². The van der Waals surface area contributed by atoms with Crippen molar-refractivity contribution in [1.82, 2.24) is 0 Å². The quantitative estimate of drug-likeness (QED) is 0.416. The Hall–Kier alpha value is 0.0900. The molecule has 0 aliphatic carbocycles. The van der Waals surface area contributed by atoms with Gasteiger partial charge in [0, 0.05) is 0 Å². The van der Waals surface area contributed by atoms with Crippen molar-refractivity contribution in [2.75, 3.05) is 11.5 Å². The van der Waals surface area contributed by atoms with Crippen molar-refractivity contribution in [1.29, 1.82) is 0 Å². The molecule has 0 radical (unpaired) electrons. The summed E-state index contributed by atoms with van der Waals surface area (Å²) in [5, 5.41) is 0. The topological polar surface area (TPSA) is 0 Å². The molecule has 0 saturated carbocycles. The molecule has 0 N–H and O–H groups in total. The first-order valence-electron chi connectivity index (χ1n) is 3.10. The van der Waals surface area contributed by atoms with Gasteiger partial charge in [-0.15, -0.1) is 0 Å². The molecule has 0 atom stereocenters. The molecule has 1 heteroatoms. The lowest BCUT2D eigenvalue weighted by Gasteiger charge is -1.89. The fraction of sp³-hybridized carbons (Fsp3) is 0.714. The third kappa shape index (κ3) is 6.09. The van der Waals surface area contributed by atoms with Gasteiger partial charge in [-0.3, -0.25) is 0 Å². The van der Waals surface area contributed by atoms with E-state index in [1.54, 1.807) is 0 Å². The van der Waals surface area contributed by atoms with E-state index in [1.807, 2.05) is 11.8 Å². The van der Waals surface area contributed by atoms with Crippen LogP contribution in [0.1, 0.15) is 20.3 Å². The number of allylic oxidation sites excluding steroid dienone is 2. The van der Waals surface area contributed by atoms with E-state index < -0.39 is 0 Å². The van der Waals surface area contributed by atoms with Crippen molar-refractivity contribution in [3.8, 4) is 0 Å². The number of hydrogen-bond donors (Lipinski definition) is 0. The summed E-state index contributed by atoms with van der Waals surface area (Å²) in [7, 11) is 0. The number of thioether (sulfide) groups is 1. The molecule has 0 aromatic rings. The summed E-state index contributed by atoms with van der Waals surface area (Å²) < 4.78 is 0. The van der Waals surface area contributed by atoms with E-state index in [1.165, 1.54) is 17.9 Å². The van der Waals surface area contributed by atoms with Crippen molar-refractivity contribution in [3.63, 3.8) is 0 Å². The molecule has 0 aliphatic heterocycles. The van der Waals surface area contributed by atoms with Crippen LogP contribution in [0.3, 0.4) is 0 Å². The molecule has 0 aromatic carbocycles. The minimum atomic E-state index is 1.23. The summed E-state index contributed by atoms with van der Waals surface area (Å²) in [5.74, 6) is 2.53. The second kappa shape index (κ2) is 7.09. The number of rotatable bonds is 4. The third-order valence-corrected chi connectivity index (χ3v) is 1.80. The monoisotopic (exact) mass is 130 g/mol. The van der Waals surface area contributed by atoms with Gasteiger partial charge in [-0.25, -0.2) is 0 Å². The first kappa shape index (κ1) is 8.09. The Morgan fingerprint density at radius 3 is 2.75 bits per heavy atom. The van der Waals surface area contributed by atoms with Crippen LogP contribution < -0.4 is 0 Å². The lowest BCUT2D eigenvalue weighted by molar-refractivity contribution is 1.23. The van der Waals surface area contributed by atoms with Crippen LogP contribution in [0.15, 0.2) is 12.2 Å². The van der Waals surface area contributed by atoms with Crippen LogP contribution in [-0.2, 0) is 0 Å². The van der Waals surface area contributed by atoms with Gasteiger partial charge in [0.15, 0.2) is 0 Å². The molecule has 48 valence electrons. The van der Waals surface area contributed by atoms with Gasteiger partial charge in [-0.05, 0) is 24.9 Å². The Balaban J connectivity index is 2.72. The van der Waals surface area contributed by atoms with Gasteiger partial charge >= 0.3 is 0 Å². The van der Waals surface area contributed by atoms with Crippen LogP contribution in [0.25, 0.3) is 0 Å². The highest BCUT2D eigenvalue weighted by atomic mass is 32.2. The smallest absolute Gasteiger partial charge is 0.00330 e. The Kier molecular flexibility index (Phi) is 7.17. The maximum absolute atomic E-state index is 2.21. The molecular formula is C7H14S. The summed E-state index contributed by atoms with van der Waals surface area (Å²) in [4.78, 5) is 0. The van der Waals surface area contributed by atoms with Crippen LogP contribution in [-0.4, -0.2) is 11.5 Å². The lowest BCUT2D eigenvalue weighted by Crippen LogP contribution is -1.74. The van der Waals surface area contributed by atoms with Gasteiger partial charge < -0.3 is 0 Å². The molecule has 0 unspecified atom stereocenters. The molecular weight excluding hydrogens is 116 g/mol. The van der Waals surface area contributed by atoms with Gasteiger partial charge in [-0.2, -0.15) is 11.8 Å². The zero-order chi connectivity index (χ0) is 6.24. The standard InChI is InChI=1S/C7H14S/c1-3-5-6-7-8-4-2/h3,5H,4,6-7H2,1-2H3. The Morgan fingerprint density at radius 1 is 1.50 bits per heavy atom. The molecule has 0 aromatic heterocycles. The minimum Gasteiger partial charge on any atom is -0.162 e. The molecule has 0 saturated heterocycles. The molecule has 0 nitrogen and oxygen atoms in total. The van der Waals surface area contributed by atoms with Crippen LogP contribution in [0, 0.1) is 0 Å². The summed E-state index contributed by atoms with van der Waals surface area (Å²) in [6, 6.07) is 0. The zero-order valence-electron chi connectivity index (χ0n) is 5.68. The van der Waals surface area contributed by atoms with Crippen molar-refractivity contribution in [2.24, 2.45) is 0 Å². The fourth-order valence-corrected chi connectivity index (χ4v) is 1.05. The maximum atomic E-state index is 2.21. The van der Waals surface area contributed by atoms with E-state index in [9.17, 15) is 0 Å². The van der Waals surface area contributed by atoms with Crippen molar-refractivity contribution < 1.29 is 0 Å². The summed E-state index contributed by atoms with van der Waals surface area (Å²) in [6.45, 7) is 4.26. The minimum absolute atomic E-state index is 1.23. The predicted octanol–water partition coefficient (Wildman–Crippen LogP) is 2.71. The largest absolute Gasteiger partial charge is 0.162 e. The van der Waals surface area contributed by atoms with E-state index in [2.05, 4.69) is 26.0 Å². The second-order valence-corrected chi connectivity index (χ2v) is 2.95. The molecule has 0 fully saturated rings. The Bertz CT molecular complexity index is 57.4. The lowest BCUT2D eigenvalue weighted by atomic mass is 10.4. The normalized spacial score (nSPS) is 10.8. The van der Waals surface area contributed by atoms with Crippen LogP contribution in [0.4, 0.5) is 0 Å². The third-order valence-electron chi connectivity index (χ3n) is 0.869. The van der Waals surface area contributed by atoms with Crippen molar-refractivity contribution in [2.45, 2.75) is 20.3 Å². The summed E-state index contributed by atoms with van der Waals surface area (Å²) >= 11 is 2.00. The van der Waals surface area contributed by atoms with E-state index in [0.717, 1.165) is 0 Å². The van der Waals surface area contributed by atoms with E-state index in [4.69, 9.17) is 0 Å². The molecule has 0 aliphatic rings. The summed E-state index contributed by atoms with van der Waals surface area (Å²) in [6.07, 6.45) is 5.55. The zero-order valence-corrected chi connectivity index (χ0v) is 6.50. The molecule has 0 heterocycles. The number of hydrogen-bond acceptors (Lipinski definition) is 1. The van der Waals surface area contributed by atoms with E-state index in [-0.39, 0.29) is 0 Å². The molecule has 0 bridgehead atoms. The second-order valence-electron chi connectivity index (χ2n) is 1.55. The Morgan fingerprint density at radius 2 is 2.25 bits per heavy atom. The van der Waals surface area contributed by atoms with Gasteiger partial charge in [0.25, 0.3) is 0 Å². The van der Waals surface area contributed by atoms with Gasteiger partial charge in [-0.1, -0.05) is 19.1 Å². The fourth-order valence-electron chi connectivity index (χ4n) is 0.462. The van der Waals surface area contributed by atoms with E-state index >= 15 is 0 Å². The maximum Gasteiger partial charge on any atom is -0.00330 e. The average molecular weight is 130 g/mol. The highest BCUT2D eigenvalue weighted by molar-refractivity contribution is 7.99. The molecule has 8 heavy (non-hydrogen) atoms. The van der Waals surface area contributed by atoms with Crippen LogP contribution in [0.2, 0.25) is 0 Å². The van der Waals surface area contributed by atoms with E-state index in [0.29, 0.717) is 0 Å². The first-order chi connectivity index (χ1) is 3.91. The summed E-state index contributed by atoms with van der Waals surface area (Å²) in [5.41, 5.74) is 0. The van der Waals surface area contributed by atoms with Gasteiger partial charge in [0.05, 0.1) is 0 Å². The Labute approximate surface area is 56.4 Å². The molecule has 0 spiro atoms. The van der Waals surface area contributed by atoms with Crippen LogP contribution in [0.5, 0.6) is 0 Å². The van der Waals surface area contributed by atoms with Crippen molar-refractivity contribution >= 4 is 11.8 Å². The molecule has 0 amide bonds. The highest BCUT2D eigenvalue weighted by Crippen LogP contribution is 2.00. The highest BCUT2D eigenvalue weighted by Gasteiger charge is 1.78. The SMILES string of the molecule is CC=CCCSCC. The van der Waals surface area contributed by atoms with Crippen LogP contribution >= 0.6 is 11.8 Å². The average Bonchev–Trinajstić information content (AvgIpc) is 1.81. The predicted molar refractivity (Wildman–Crippen MR) is 42.4 cm³/mol.